The second-order valence-electron chi connectivity index (χ2n) is 11.4. The number of carbonyl (C=O) groups excluding carboxylic acids is 1. The fourth-order valence-corrected chi connectivity index (χ4v) is 5.04. The van der Waals surface area contributed by atoms with E-state index >= 15 is 0 Å². The molecule has 216 valence electrons. The van der Waals surface area contributed by atoms with Crippen molar-refractivity contribution in [2.75, 3.05) is 0 Å². The molecule has 38 heavy (non-hydrogen) atoms. The summed E-state index contributed by atoms with van der Waals surface area (Å²) in [6.45, 7) is 15.5. The van der Waals surface area contributed by atoms with Crippen LogP contribution in [0.4, 0.5) is 0 Å². The standard InChI is InChI=1S/C32H52O6/c1-8-9-12-24(5)32-26(7)28(34)18-15-21(2)19-25(6)31(37)23(4)16-17-27(33)20-29(35)22(3)13-10-11-14-30(36)38-32/h8-14,16-17,21-29,31-35,37H,1,15,18-20H2,2-7H3/b12-9+,13-10+,14-11-,17-16?/t21-,22+,23-,24-,25-,26-,27+,28+,29+,31-,32-/m0/s1. The molecule has 0 saturated heterocycles. The Morgan fingerprint density at radius 1 is 0.921 bits per heavy atom. The van der Waals surface area contributed by atoms with E-state index in [-0.39, 0.29) is 41.9 Å². The summed E-state index contributed by atoms with van der Waals surface area (Å²) in [6, 6.07) is 0. The molecule has 0 aromatic heterocycles. The highest BCUT2D eigenvalue weighted by Crippen LogP contribution is 2.28. The zero-order chi connectivity index (χ0) is 28.8. The van der Waals surface area contributed by atoms with Crippen LogP contribution in [0, 0.1) is 35.5 Å². The van der Waals surface area contributed by atoms with Gasteiger partial charge in [0.2, 0.25) is 0 Å². The fourth-order valence-electron chi connectivity index (χ4n) is 5.04. The lowest BCUT2D eigenvalue weighted by molar-refractivity contribution is -0.150. The molecule has 6 heteroatoms. The number of hydrogen-bond acceptors (Lipinski definition) is 6. The Labute approximate surface area is 230 Å². The molecule has 0 unspecified atom stereocenters. The molecule has 1 rings (SSSR count). The number of allylic oxidation sites excluding steroid dienone is 4. The number of aliphatic hydroxyl groups is 4. The van der Waals surface area contributed by atoms with Crippen molar-refractivity contribution in [2.24, 2.45) is 35.5 Å². The third-order valence-corrected chi connectivity index (χ3v) is 7.78. The van der Waals surface area contributed by atoms with Crippen molar-refractivity contribution in [3.8, 4) is 0 Å². The number of carbonyl (C=O) groups is 1. The van der Waals surface area contributed by atoms with Crippen LogP contribution in [-0.4, -0.2) is 56.9 Å². The van der Waals surface area contributed by atoms with Crippen LogP contribution >= 0.6 is 0 Å². The first-order valence-electron chi connectivity index (χ1n) is 14.1. The van der Waals surface area contributed by atoms with E-state index in [1.165, 1.54) is 6.08 Å². The second-order valence-corrected chi connectivity index (χ2v) is 11.4. The van der Waals surface area contributed by atoms with Gasteiger partial charge in [0.1, 0.15) is 6.10 Å². The van der Waals surface area contributed by atoms with Gasteiger partial charge in [-0.15, -0.1) is 0 Å². The zero-order valence-electron chi connectivity index (χ0n) is 24.2. The molecule has 4 N–H and O–H groups in total. The van der Waals surface area contributed by atoms with Crippen molar-refractivity contribution < 1.29 is 30.0 Å². The third kappa shape index (κ3) is 12.2. The lowest BCUT2D eigenvalue weighted by atomic mass is 9.82. The topological polar surface area (TPSA) is 107 Å². The highest BCUT2D eigenvalue weighted by atomic mass is 16.5. The van der Waals surface area contributed by atoms with Gasteiger partial charge in [-0.2, -0.15) is 0 Å². The molecule has 0 saturated carbocycles. The molecule has 0 aliphatic carbocycles. The van der Waals surface area contributed by atoms with Gasteiger partial charge in [0.05, 0.1) is 24.4 Å². The highest BCUT2D eigenvalue weighted by Gasteiger charge is 2.31. The maximum Gasteiger partial charge on any atom is 0.331 e. The largest absolute Gasteiger partial charge is 0.458 e. The third-order valence-electron chi connectivity index (χ3n) is 7.78. The summed E-state index contributed by atoms with van der Waals surface area (Å²) in [5, 5.41) is 42.7. The average molecular weight is 533 g/mol. The minimum absolute atomic E-state index is 0.0366. The van der Waals surface area contributed by atoms with E-state index in [1.54, 1.807) is 30.4 Å². The van der Waals surface area contributed by atoms with Crippen molar-refractivity contribution >= 4 is 5.97 Å². The molecule has 0 spiro atoms. The van der Waals surface area contributed by atoms with Gasteiger partial charge in [-0.1, -0.05) is 96.7 Å². The van der Waals surface area contributed by atoms with Crippen LogP contribution in [-0.2, 0) is 9.53 Å². The maximum atomic E-state index is 12.6. The van der Waals surface area contributed by atoms with Gasteiger partial charge >= 0.3 is 5.97 Å². The normalized spacial score (nSPS) is 39.9. The lowest BCUT2D eigenvalue weighted by Crippen LogP contribution is -2.37. The molecule has 0 radical (unpaired) electrons. The minimum Gasteiger partial charge on any atom is -0.458 e. The van der Waals surface area contributed by atoms with E-state index in [2.05, 4.69) is 13.5 Å². The number of hydrogen-bond donors (Lipinski definition) is 4. The zero-order valence-corrected chi connectivity index (χ0v) is 24.2. The summed E-state index contributed by atoms with van der Waals surface area (Å²) in [6.07, 6.45) is 14.2. The van der Waals surface area contributed by atoms with Crippen LogP contribution in [0.15, 0.2) is 61.3 Å². The number of esters is 1. The smallest absolute Gasteiger partial charge is 0.331 e. The molecule has 0 bridgehead atoms. The minimum atomic E-state index is -0.828. The molecule has 1 aliphatic rings. The molecule has 11 atom stereocenters. The van der Waals surface area contributed by atoms with Gasteiger partial charge in [0, 0.05) is 36.2 Å². The Hall–Kier alpha value is -1.99. The molecule has 0 fully saturated rings. The Bertz CT molecular complexity index is 815. The Balaban J connectivity index is 3.17. The van der Waals surface area contributed by atoms with Crippen LogP contribution in [0.2, 0.25) is 0 Å². The predicted molar refractivity (Wildman–Crippen MR) is 154 cm³/mol. The Morgan fingerprint density at radius 2 is 1.61 bits per heavy atom. The number of ether oxygens (including phenoxy) is 1. The molecule has 0 amide bonds. The summed E-state index contributed by atoms with van der Waals surface area (Å²) in [4.78, 5) is 12.6. The summed E-state index contributed by atoms with van der Waals surface area (Å²) in [7, 11) is 0. The molecule has 6 nitrogen and oxygen atoms in total. The maximum absolute atomic E-state index is 12.6. The van der Waals surface area contributed by atoms with Crippen LogP contribution in [0.25, 0.3) is 0 Å². The van der Waals surface area contributed by atoms with E-state index in [1.807, 2.05) is 52.8 Å². The van der Waals surface area contributed by atoms with Crippen molar-refractivity contribution in [3.05, 3.63) is 61.3 Å². The van der Waals surface area contributed by atoms with E-state index < -0.39 is 36.5 Å². The van der Waals surface area contributed by atoms with Crippen molar-refractivity contribution in [2.45, 2.75) is 97.7 Å². The highest BCUT2D eigenvalue weighted by molar-refractivity contribution is 5.82. The first-order chi connectivity index (χ1) is 17.9. The van der Waals surface area contributed by atoms with Gasteiger partial charge in [-0.25, -0.2) is 4.79 Å². The van der Waals surface area contributed by atoms with Gasteiger partial charge in [-0.05, 0) is 31.1 Å². The Morgan fingerprint density at radius 3 is 2.26 bits per heavy atom. The fraction of sp³-hybridized carbons (Fsp3) is 0.656. The molecule has 0 aromatic rings. The van der Waals surface area contributed by atoms with Crippen LogP contribution in [0.3, 0.4) is 0 Å². The van der Waals surface area contributed by atoms with E-state index in [4.69, 9.17) is 4.74 Å². The van der Waals surface area contributed by atoms with Gasteiger partial charge < -0.3 is 25.2 Å². The summed E-state index contributed by atoms with van der Waals surface area (Å²) >= 11 is 0. The van der Waals surface area contributed by atoms with Gasteiger partial charge in [0.25, 0.3) is 0 Å². The van der Waals surface area contributed by atoms with Crippen LogP contribution in [0.5, 0.6) is 0 Å². The quantitative estimate of drug-likeness (QED) is 0.228. The second kappa shape index (κ2) is 17.6. The summed E-state index contributed by atoms with van der Waals surface area (Å²) < 4.78 is 5.81. The predicted octanol–water partition coefficient (Wildman–Crippen LogP) is 5.14. The van der Waals surface area contributed by atoms with Crippen LogP contribution in [0.1, 0.15) is 67.2 Å². The lowest BCUT2D eigenvalue weighted by Gasteiger charge is -2.31. The van der Waals surface area contributed by atoms with E-state index in [0.717, 1.165) is 12.8 Å². The van der Waals surface area contributed by atoms with E-state index in [0.29, 0.717) is 6.42 Å². The van der Waals surface area contributed by atoms with Crippen LogP contribution < -0.4 is 0 Å². The molecular formula is C32H52O6. The molecule has 1 aliphatic heterocycles. The molecule has 0 aromatic carbocycles. The Kier molecular flexibility index (Phi) is 15.7. The van der Waals surface area contributed by atoms with E-state index in [9.17, 15) is 25.2 Å². The number of rotatable bonds is 3. The first-order valence-corrected chi connectivity index (χ1v) is 14.1. The first kappa shape index (κ1) is 34.0. The summed E-state index contributed by atoms with van der Waals surface area (Å²) in [5.74, 6) is -0.976. The number of aliphatic hydroxyl groups excluding tert-OH is 4. The van der Waals surface area contributed by atoms with Crippen molar-refractivity contribution in [1.82, 2.24) is 0 Å². The molecule has 1 heterocycles. The van der Waals surface area contributed by atoms with Crippen molar-refractivity contribution in [1.29, 1.82) is 0 Å². The SMILES string of the molecule is C=C/C=C/[C@H](C)[C@@H]1OC(=O)/C=C\C=C\[C@@H](C)[C@H](O)C[C@H](O)C=C[C@H](C)[C@H](O)[C@@H](C)C[C@@H](C)CC[C@@H](O)[C@@H]1C. The molecular weight excluding hydrogens is 480 g/mol. The average Bonchev–Trinajstić information content (AvgIpc) is 2.88. The van der Waals surface area contributed by atoms with Crippen molar-refractivity contribution in [3.63, 3.8) is 0 Å². The monoisotopic (exact) mass is 532 g/mol. The number of cyclic esters (lactones) is 1. The van der Waals surface area contributed by atoms with Gasteiger partial charge in [-0.3, -0.25) is 0 Å². The summed E-state index contributed by atoms with van der Waals surface area (Å²) in [5.41, 5.74) is 0. The van der Waals surface area contributed by atoms with Gasteiger partial charge in [0.15, 0.2) is 0 Å².